The van der Waals surface area contributed by atoms with Gasteiger partial charge >= 0.3 is 0 Å². The summed E-state index contributed by atoms with van der Waals surface area (Å²) in [6.07, 6.45) is 0. The Hall–Kier alpha value is -0.960. The molecule has 0 aliphatic heterocycles. The lowest BCUT2D eigenvalue weighted by Crippen LogP contribution is -2.38. The van der Waals surface area contributed by atoms with Crippen LogP contribution in [0.1, 0.15) is 24.2 Å². The molecule has 1 atom stereocenters. The van der Waals surface area contributed by atoms with Crippen LogP contribution in [0.5, 0.6) is 0 Å². The minimum Gasteiger partial charge on any atom is -0.366 e. The number of hydrogen-bond donors (Lipinski definition) is 3. The van der Waals surface area contributed by atoms with Crippen molar-refractivity contribution in [3.05, 3.63) is 28.2 Å². The van der Waals surface area contributed by atoms with Crippen LogP contribution in [0.15, 0.2) is 27.6 Å². The Balaban J connectivity index is 2.95. The first-order valence-corrected chi connectivity index (χ1v) is 8.37. The lowest BCUT2D eigenvalue weighted by Gasteiger charge is -2.14. The van der Waals surface area contributed by atoms with E-state index >= 15 is 0 Å². The smallest absolute Gasteiger partial charge is 0.248 e. The Morgan fingerprint density at radius 3 is 2.60 bits per heavy atom. The molecule has 1 amide bonds. The number of sulfonamides is 1. The van der Waals surface area contributed by atoms with E-state index in [9.17, 15) is 13.2 Å². The molecule has 0 radical (unpaired) electrons. The molecular formula is C12H18BrN3O3S. The monoisotopic (exact) mass is 363 g/mol. The number of nitrogens with two attached hydrogens (primary N) is 1. The number of halogens is 1. The van der Waals surface area contributed by atoms with Crippen molar-refractivity contribution in [1.82, 2.24) is 10.0 Å². The van der Waals surface area contributed by atoms with Gasteiger partial charge < -0.3 is 11.1 Å². The minimum absolute atomic E-state index is 0.00405. The number of primary amides is 1. The predicted molar refractivity (Wildman–Crippen MR) is 81.0 cm³/mol. The molecule has 0 spiro atoms. The standard InChI is InChI=1S/C12H18BrN3O3S/c1-3-15-8(2)7-16-20(18,19)11-5-9(12(14)17)4-10(13)6-11/h4-6,8,15-16H,3,7H2,1-2H3,(H2,14,17)/t8-/m1/s1. The van der Waals surface area contributed by atoms with Gasteiger partial charge in [-0.05, 0) is 31.7 Å². The third-order valence-corrected chi connectivity index (χ3v) is 4.46. The number of rotatable bonds is 7. The summed E-state index contributed by atoms with van der Waals surface area (Å²) in [4.78, 5) is 11.2. The zero-order valence-corrected chi connectivity index (χ0v) is 13.7. The van der Waals surface area contributed by atoms with Gasteiger partial charge in [0.05, 0.1) is 4.90 Å². The Labute approximate surface area is 127 Å². The van der Waals surface area contributed by atoms with Crippen LogP contribution in [0.3, 0.4) is 0 Å². The lowest BCUT2D eigenvalue weighted by atomic mass is 10.2. The summed E-state index contributed by atoms with van der Waals surface area (Å²) in [5, 5.41) is 3.10. The van der Waals surface area contributed by atoms with Gasteiger partial charge in [0.15, 0.2) is 0 Å². The maximum atomic E-state index is 12.2. The highest BCUT2D eigenvalue weighted by atomic mass is 79.9. The zero-order chi connectivity index (χ0) is 15.3. The molecule has 112 valence electrons. The predicted octanol–water partition coefficient (Wildman–Crippen LogP) is 0.824. The van der Waals surface area contributed by atoms with Crippen LogP contribution in [0.25, 0.3) is 0 Å². The fourth-order valence-electron chi connectivity index (χ4n) is 1.60. The van der Waals surface area contributed by atoms with Crippen LogP contribution in [0.4, 0.5) is 0 Å². The number of benzene rings is 1. The second-order valence-electron chi connectivity index (χ2n) is 4.35. The van der Waals surface area contributed by atoms with Gasteiger partial charge in [0.25, 0.3) is 0 Å². The Bertz CT molecular complexity index is 590. The third-order valence-electron chi connectivity index (χ3n) is 2.60. The van der Waals surface area contributed by atoms with Crippen LogP contribution in [0, 0.1) is 0 Å². The average Bonchev–Trinajstić information content (AvgIpc) is 2.36. The first kappa shape index (κ1) is 17.1. The summed E-state index contributed by atoms with van der Waals surface area (Å²) in [6, 6.07) is 4.17. The normalized spacial score (nSPS) is 13.2. The van der Waals surface area contributed by atoms with Crippen molar-refractivity contribution in [2.75, 3.05) is 13.1 Å². The van der Waals surface area contributed by atoms with E-state index in [2.05, 4.69) is 26.0 Å². The highest BCUT2D eigenvalue weighted by Crippen LogP contribution is 2.19. The molecule has 6 nitrogen and oxygen atoms in total. The number of carbonyl (C=O) groups is 1. The molecule has 0 unspecified atom stereocenters. The van der Waals surface area contributed by atoms with Gasteiger partial charge in [0.1, 0.15) is 0 Å². The second kappa shape index (κ2) is 7.16. The quantitative estimate of drug-likeness (QED) is 0.667. The van der Waals surface area contributed by atoms with Crippen molar-refractivity contribution in [3.8, 4) is 0 Å². The zero-order valence-electron chi connectivity index (χ0n) is 11.3. The van der Waals surface area contributed by atoms with Crippen LogP contribution in [0.2, 0.25) is 0 Å². The van der Waals surface area contributed by atoms with E-state index in [0.29, 0.717) is 4.47 Å². The second-order valence-corrected chi connectivity index (χ2v) is 7.03. The topological polar surface area (TPSA) is 101 Å². The van der Waals surface area contributed by atoms with E-state index in [0.717, 1.165) is 6.54 Å². The Kier molecular flexibility index (Phi) is 6.12. The summed E-state index contributed by atoms with van der Waals surface area (Å²) in [6.45, 7) is 4.83. The number of hydrogen-bond acceptors (Lipinski definition) is 4. The van der Waals surface area contributed by atoms with Crippen LogP contribution < -0.4 is 15.8 Å². The fraction of sp³-hybridized carbons (Fsp3) is 0.417. The molecule has 8 heteroatoms. The third kappa shape index (κ3) is 4.86. The number of nitrogens with one attached hydrogen (secondary N) is 2. The molecule has 0 heterocycles. The van der Waals surface area contributed by atoms with E-state index in [1.54, 1.807) is 0 Å². The van der Waals surface area contributed by atoms with Crippen LogP contribution in [-0.2, 0) is 10.0 Å². The number of amides is 1. The molecule has 0 bridgehead atoms. The molecule has 1 aromatic rings. The minimum atomic E-state index is -3.68. The largest absolute Gasteiger partial charge is 0.366 e. The maximum absolute atomic E-state index is 12.2. The molecule has 0 fully saturated rings. The van der Waals surface area contributed by atoms with Crippen LogP contribution in [-0.4, -0.2) is 33.5 Å². The van der Waals surface area contributed by atoms with Gasteiger partial charge in [-0.3, -0.25) is 4.79 Å². The van der Waals surface area contributed by atoms with Gasteiger partial charge in [-0.2, -0.15) is 0 Å². The van der Waals surface area contributed by atoms with Crippen molar-refractivity contribution in [1.29, 1.82) is 0 Å². The first-order valence-electron chi connectivity index (χ1n) is 6.09. The maximum Gasteiger partial charge on any atom is 0.248 e. The van der Waals surface area contributed by atoms with Crippen molar-refractivity contribution in [2.45, 2.75) is 24.8 Å². The van der Waals surface area contributed by atoms with Gasteiger partial charge in [0.2, 0.25) is 15.9 Å². The molecule has 1 rings (SSSR count). The summed E-state index contributed by atoms with van der Waals surface area (Å²) in [7, 11) is -3.68. The summed E-state index contributed by atoms with van der Waals surface area (Å²) in [5.74, 6) is -0.677. The van der Waals surface area contributed by atoms with E-state index < -0.39 is 15.9 Å². The van der Waals surface area contributed by atoms with E-state index in [1.807, 2.05) is 13.8 Å². The molecule has 20 heavy (non-hydrogen) atoms. The summed E-state index contributed by atoms with van der Waals surface area (Å²) in [5.41, 5.74) is 5.31. The van der Waals surface area contributed by atoms with Crippen LogP contribution >= 0.6 is 15.9 Å². The highest BCUT2D eigenvalue weighted by Gasteiger charge is 2.17. The molecule has 0 saturated carbocycles. The Morgan fingerprint density at radius 2 is 2.05 bits per heavy atom. The van der Waals surface area contributed by atoms with Crippen molar-refractivity contribution < 1.29 is 13.2 Å². The van der Waals surface area contributed by atoms with E-state index in [4.69, 9.17) is 5.73 Å². The summed E-state index contributed by atoms with van der Waals surface area (Å²) >= 11 is 3.17. The SMILES string of the molecule is CCN[C@H](C)CNS(=O)(=O)c1cc(Br)cc(C(N)=O)c1. The van der Waals surface area contributed by atoms with Gasteiger partial charge in [-0.25, -0.2) is 13.1 Å². The summed E-state index contributed by atoms with van der Waals surface area (Å²) < 4.78 is 27.3. The van der Waals surface area contributed by atoms with Crippen molar-refractivity contribution in [3.63, 3.8) is 0 Å². The average molecular weight is 364 g/mol. The van der Waals surface area contributed by atoms with Crippen molar-refractivity contribution in [2.24, 2.45) is 5.73 Å². The molecule has 0 aliphatic rings. The van der Waals surface area contributed by atoms with E-state index in [-0.39, 0.29) is 23.0 Å². The fourth-order valence-corrected chi connectivity index (χ4v) is 3.44. The highest BCUT2D eigenvalue weighted by molar-refractivity contribution is 9.10. The van der Waals surface area contributed by atoms with Gasteiger partial charge in [0, 0.05) is 22.6 Å². The van der Waals surface area contributed by atoms with Gasteiger partial charge in [-0.1, -0.05) is 22.9 Å². The molecule has 0 aliphatic carbocycles. The number of carbonyl (C=O) groups excluding carboxylic acids is 1. The van der Waals surface area contributed by atoms with E-state index in [1.165, 1.54) is 18.2 Å². The van der Waals surface area contributed by atoms with Gasteiger partial charge in [-0.15, -0.1) is 0 Å². The molecule has 4 N–H and O–H groups in total. The Morgan fingerprint density at radius 1 is 1.40 bits per heavy atom. The molecule has 0 aromatic heterocycles. The molecule has 1 aromatic carbocycles. The first-order chi connectivity index (χ1) is 9.26. The molecule has 0 saturated heterocycles. The van der Waals surface area contributed by atoms with Crippen molar-refractivity contribution >= 4 is 31.9 Å². The lowest BCUT2D eigenvalue weighted by molar-refractivity contribution is 0.1000. The molecular weight excluding hydrogens is 346 g/mol. The number of likely N-dealkylation sites (N-methyl/N-ethyl adjacent to an activating group) is 1.